The highest BCUT2D eigenvalue weighted by Crippen LogP contribution is 2.28. The number of aromatic nitrogens is 1. The maximum atomic E-state index is 9.69. The second-order valence-corrected chi connectivity index (χ2v) is 4.89. The lowest BCUT2D eigenvalue weighted by Gasteiger charge is -2.13. The smallest absolute Gasteiger partial charge is 0.0571 e. The van der Waals surface area contributed by atoms with Crippen molar-refractivity contribution in [3.63, 3.8) is 0 Å². The Hall–Kier alpha value is -0.410. The maximum absolute atomic E-state index is 9.69. The van der Waals surface area contributed by atoms with Crippen molar-refractivity contribution in [2.45, 2.75) is 31.8 Å². The minimum atomic E-state index is -0.103. The van der Waals surface area contributed by atoms with Crippen LogP contribution in [0.3, 0.4) is 0 Å². The summed E-state index contributed by atoms with van der Waals surface area (Å²) in [6.45, 7) is 0. The first-order chi connectivity index (χ1) is 6.75. The van der Waals surface area contributed by atoms with Gasteiger partial charge in [0.25, 0.3) is 0 Å². The first kappa shape index (κ1) is 10.1. The Balaban J connectivity index is 2.03. The summed E-state index contributed by atoms with van der Waals surface area (Å²) < 4.78 is 1.02. The van der Waals surface area contributed by atoms with E-state index < -0.39 is 0 Å². The molecule has 2 rings (SSSR count). The first-order valence-electron chi connectivity index (χ1n) is 5.03. The molecule has 0 spiro atoms. The normalized spacial score (nSPS) is 26.7. The number of rotatable bonds is 2. The maximum Gasteiger partial charge on any atom is 0.0571 e. The van der Waals surface area contributed by atoms with E-state index in [9.17, 15) is 5.11 Å². The van der Waals surface area contributed by atoms with Crippen molar-refractivity contribution in [1.29, 1.82) is 0 Å². The molecule has 0 aliphatic heterocycles. The number of aliphatic hydroxyl groups is 1. The largest absolute Gasteiger partial charge is 0.393 e. The molecule has 1 fully saturated rings. The summed E-state index contributed by atoms with van der Waals surface area (Å²) in [4.78, 5) is 4.12. The Morgan fingerprint density at radius 1 is 1.43 bits per heavy atom. The van der Waals surface area contributed by atoms with Crippen LogP contribution < -0.4 is 0 Å². The van der Waals surface area contributed by atoms with Gasteiger partial charge in [-0.15, -0.1) is 0 Å². The van der Waals surface area contributed by atoms with Crippen LogP contribution in [0.25, 0.3) is 0 Å². The van der Waals surface area contributed by atoms with Crippen LogP contribution >= 0.6 is 15.9 Å². The summed E-state index contributed by atoms with van der Waals surface area (Å²) in [5.41, 5.74) is 1.21. The van der Waals surface area contributed by atoms with Gasteiger partial charge >= 0.3 is 0 Å². The highest BCUT2D eigenvalue weighted by molar-refractivity contribution is 9.10. The van der Waals surface area contributed by atoms with E-state index in [0.29, 0.717) is 5.92 Å². The summed E-state index contributed by atoms with van der Waals surface area (Å²) in [6, 6.07) is 2.08. The third-order valence-electron chi connectivity index (χ3n) is 2.88. The zero-order valence-corrected chi connectivity index (χ0v) is 9.57. The average Bonchev–Trinajstić information content (AvgIpc) is 2.52. The van der Waals surface area contributed by atoms with E-state index in [1.165, 1.54) is 5.56 Å². The fraction of sp³-hybridized carbons (Fsp3) is 0.545. The van der Waals surface area contributed by atoms with Gasteiger partial charge < -0.3 is 5.11 Å². The summed E-state index contributed by atoms with van der Waals surface area (Å²) in [7, 11) is 0. The van der Waals surface area contributed by atoms with Gasteiger partial charge in [-0.1, -0.05) is 6.42 Å². The van der Waals surface area contributed by atoms with E-state index in [0.717, 1.165) is 30.2 Å². The van der Waals surface area contributed by atoms with Gasteiger partial charge in [-0.2, -0.15) is 0 Å². The Labute approximate surface area is 92.5 Å². The molecule has 0 aromatic carbocycles. The van der Waals surface area contributed by atoms with Gasteiger partial charge in [0.1, 0.15) is 0 Å². The SMILES string of the molecule is OC1CCCC1Cc1cncc(Br)c1. The lowest BCUT2D eigenvalue weighted by Crippen LogP contribution is -2.15. The number of halogens is 1. The fourth-order valence-electron chi connectivity index (χ4n) is 2.13. The van der Waals surface area contributed by atoms with Crippen LogP contribution in [0.1, 0.15) is 24.8 Å². The second-order valence-electron chi connectivity index (χ2n) is 3.97. The van der Waals surface area contributed by atoms with E-state index in [1.54, 1.807) is 6.20 Å². The third kappa shape index (κ3) is 2.34. The summed E-state index contributed by atoms with van der Waals surface area (Å²) in [6.07, 6.45) is 7.79. The number of aliphatic hydroxyl groups excluding tert-OH is 1. The van der Waals surface area contributed by atoms with Crippen LogP contribution in [-0.2, 0) is 6.42 Å². The van der Waals surface area contributed by atoms with Crippen molar-refractivity contribution >= 4 is 15.9 Å². The van der Waals surface area contributed by atoms with Gasteiger partial charge in [-0.3, -0.25) is 4.98 Å². The lowest BCUT2D eigenvalue weighted by molar-refractivity contribution is 0.132. The van der Waals surface area contributed by atoms with Crippen molar-refractivity contribution in [2.24, 2.45) is 5.92 Å². The molecule has 2 atom stereocenters. The molecule has 0 bridgehead atoms. The summed E-state index contributed by atoms with van der Waals surface area (Å²) >= 11 is 3.40. The van der Waals surface area contributed by atoms with E-state index >= 15 is 0 Å². The molecule has 1 N–H and O–H groups in total. The fourth-order valence-corrected chi connectivity index (χ4v) is 2.54. The minimum Gasteiger partial charge on any atom is -0.393 e. The number of nitrogens with zero attached hydrogens (tertiary/aromatic N) is 1. The third-order valence-corrected chi connectivity index (χ3v) is 3.31. The quantitative estimate of drug-likeness (QED) is 0.882. The highest BCUT2D eigenvalue weighted by Gasteiger charge is 2.25. The zero-order valence-electron chi connectivity index (χ0n) is 7.99. The number of pyridine rings is 1. The Morgan fingerprint density at radius 3 is 2.93 bits per heavy atom. The molecule has 14 heavy (non-hydrogen) atoms. The zero-order chi connectivity index (χ0) is 9.97. The standard InChI is InChI=1S/C11H14BrNO/c12-10-5-8(6-13-7-10)4-9-2-1-3-11(9)14/h5-7,9,11,14H,1-4H2. The Morgan fingerprint density at radius 2 is 2.29 bits per heavy atom. The molecule has 2 nitrogen and oxygen atoms in total. The predicted octanol–water partition coefficient (Wildman–Crippen LogP) is 2.55. The molecule has 0 amide bonds. The monoisotopic (exact) mass is 255 g/mol. The molecule has 3 heteroatoms. The topological polar surface area (TPSA) is 33.1 Å². The second kappa shape index (κ2) is 4.41. The predicted molar refractivity (Wildman–Crippen MR) is 59.0 cm³/mol. The van der Waals surface area contributed by atoms with Crippen LogP contribution in [0.4, 0.5) is 0 Å². The van der Waals surface area contributed by atoms with E-state index in [1.807, 2.05) is 6.20 Å². The molecule has 0 saturated heterocycles. The van der Waals surface area contributed by atoms with Crippen LogP contribution in [0.15, 0.2) is 22.9 Å². The lowest BCUT2D eigenvalue weighted by atomic mass is 9.97. The minimum absolute atomic E-state index is 0.103. The summed E-state index contributed by atoms with van der Waals surface area (Å²) in [5.74, 6) is 0.436. The van der Waals surface area contributed by atoms with Crippen LogP contribution in [0, 0.1) is 5.92 Å². The highest BCUT2D eigenvalue weighted by atomic mass is 79.9. The molecule has 1 heterocycles. The van der Waals surface area contributed by atoms with E-state index in [2.05, 4.69) is 27.0 Å². The van der Waals surface area contributed by atoms with Crippen LogP contribution in [-0.4, -0.2) is 16.2 Å². The molecule has 1 saturated carbocycles. The van der Waals surface area contributed by atoms with Crippen molar-refractivity contribution in [3.05, 3.63) is 28.5 Å². The molecule has 76 valence electrons. The molecule has 1 aliphatic rings. The van der Waals surface area contributed by atoms with Crippen LogP contribution in [0.5, 0.6) is 0 Å². The molecular formula is C11H14BrNO. The van der Waals surface area contributed by atoms with Crippen LogP contribution in [0.2, 0.25) is 0 Å². The first-order valence-corrected chi connectivity index (χ1v) is 5.82. The van der Waals surface area contributed by atoms with Crippen molar-refractivity contribution in [1.82, 2.24) is 4.98 Å². The molecule has 0 radical (unpaired) electrons. The van der Waals surface area contributed by atoms with Gasteiger partial charge in [0, 0.05) is 16.9 Å². The van der Waals surface area contributed by atoms with Gasteiger partial charge in [-0.05, 0) is 52.7 Å². The Bertz CT molecular complexity index is 316. The van der Waals surface area contributed by atoms with Gasteiger partial charge in [0.15, 0.2) is 0 Å². The molecule has 1 aromatic rings. The van der Waals surface area contributed by atoms with Crippen molar-refractivity contribution < 1.29 is 5.11 Å². The molecule has 1 aliphatic carbocycles. The number of hydrogen-bond donors (Lipinski definition) is 1. The molecule has 1 aromatic heterocycles. The average molecular weight is 256 g/mol. The van der Waals surface area contributed by atoms with Crippen molar-refractivity contribution in [3.8, 4) is 0 Å². The van der Waals surface area contributed by atoms with Crippen molar-refractivity contribution in [2.75, 3.05) is 0 Å². The van der Waals surface area contributed by atoms with Gasteiger partial charge in [0.05, 0.1) is 6.10 Å². The van der Waals surface area contributed by atoms with E-state index in [-0.39, 0.29) is 6.10 Å². The molecule has 2 unspecified atom stereocenters. The van der Waals surface area contributed by atoms with E-state index in [4.69, 9.17) is 0 Å². The summed E-state index contributed by atoms with van der Waals surface area (Å²) in [5, 5.41) is 9.69. The van der Waals surface area contributed by atoms with Gasteiger partial charge in [-0.25, -0.2) is 0 Å². The number of hydrogen-bond acceptors (Lipinski definition) is 2. The van der Waals surface area contributed by atoms with Gasteiger partial charge in [0.2, 0.25) is 0 Å². The Kier molecular flexibility index (Phi) is 3.19. The molecular weight excluding hydrogens is 242 g/mol.